The number of carboxylic acids is 1. The minimum atomic E-state index is -0.996. The van der Waals surface area contributed by atoms with Gasteiger partial charge in [-0.1, -0.05) is 18.2 Å². The fourth-order valence-electron chi connectivity index (χ4n) is 2.35. The summed E-state index contributed by atoms with van der Waals surface area (Å²) in [6.07, 6.45) is 1.76. The molecular formula is C16H14N2O3. The smallest absolute Gasteiger partial charge is 0.339 e. The van der Waals surface area contributed by atoms with E-state index in [0.29, 0.717) is 12.3 Å². The van der Waals surface area contributed by atoms with Gasteiger partial charge in [-0.2, -0.15) is 0 Å². The van der Waals surface area contributed by atoms with Crippen LogP contribution in [-0.4, -0.2) is 27.7 Å². The maximum atomic E-state index is 11.2. The van der Waals surface area contributed by atoms with Gasteiger partial charge in [0.15, 0.2) is 0 Å². The number of hydrogen-bond donors (Lipinski definition) is 1. The molecule has 0 radical (unpaired) electrons. The summed E-state index contributed by atoms with van der Waals surface area (Å²) >= 11 is 0. The molecule has 0 bridgehead atoms. The first-order valence-corrected chi connectivity index (χ1v) is 6.49. The summed E-state index contributed by atoms with van der Waals surface area (Å²) in [7, 11) is 1.46. The third kappa shape index (κ3) is 2.45. The zero-order valence-corrected chi connectivity index (χ0v) is 11.5. The second kappa shape index (κ2) is 5.28. The highest BCUT2D eigenvalue weighted by Gasteiger charge is 2.12. The highest BCUT2D eigenvalue weighted by molar-refractivity contribution is 5.91. The Balaban J connectivity index is 1.98. The molecule has 2 aromatic carbocycles. The van der Waals surface area contributed by atoms with E-state index in [-0.39, 0.29) is 5.56 Å². The van der Waals surface area contributed by atoms with Gasteiger partial charge in [0, 0.05) is 6.54 Å². The summed E-state index contributed by atoms with van der Waals surface area (Å²) in [4.78, 5) is 15.6. The third-order valence-electron chi connectivity index (χ3n) is 3.37. The van der Waals surface area contributed by atoms with E-state index in [2.05, 4.69) is 4.98 Å². The van der Waals surface area contributed by atoms with E-state index < -0.39 is 5.97 Å². The molecule has 1 heterocycles. The van der Waals surface area contributed by atoms with Crippen LogP contribution in [0, 0.1) is 0 Å². The number of hydrogen-bond acceptors (Lipinski definition) is 3. The first-order valence-electron chi connectivity index (χ1n) is 6.49. The van der Waals surface area contributed by atoms with Crippen LogP contribution in [0.25, 0.3) is 11.0 Å². The van der Waals surface area contributed by atoms with Gasteiger partial charge in [0.05, 0.1) is 24.5 Å². The lowest BCUT2D eigenvalue weighted by molar-refractivity contribution is 0.0693. The van der Waals surface area contributed by atoms with Crippen LogP contribution in [0.2, 0.25) is 0 Å². The van der Waals surface area contributed by atoms with E-state index in [1.54, 1.807) is 18.5 Å². The Labute approximate surface area is 121 Å². The maximum Gasteiger partial charge on any atom is 0.339 e. The SMILES string of the molecule is COc1ccc(Cn2cnc3ccccc32)cc1C(=O)O. The third-order valence-corrected chi connectivity index (χ3v) is 3.37. The molecule has 5 heteroatoms. The molecule has 5 nitrogen and oxygen atoms in total. The Kier molecular flexibility index (Phi) is 3.31. The molecule has 21 heavy (non-hydrogen) atoms. The van der Waals surface area contributed by atoms with E-state index in [1.807, 2.05) is 34.9 Å². The van der Waals surface area contributed by atoms with Crippen molar-refractivity contribution in [3.05, 3.63) is 59.9 Å². The number of aromatic carboxylic acids is 1. The fourth-order valence-corrected chi connectivity index (χ4v) is 2.35. The topological polar surface area (TPSA) is 64.4 Å². The van der Waals surface area contributed by atoms with Crippen molar-refractivity contribution < 1.29 is 14.6 Å². The quantitative estimate of drug-likeness (QED) is 0.799. The molecule has 0 aliphatic rings. The molecule has 3 rings (SSSR count). The van der Waals surface area contributed by atoms with Gasteiger partial charge in [-0.05, 0) is 29.8 Å². The Bertz CT molecular complexity index is 808. The Hall–Kier alpha value is -2.82. The minimum Gasteiger partial charge on any atom is -0.496 e. The summed E-state index contributed by atoms with van der Waals surface area (Å²) in [6, 6.07) is 13.0. The normalized spacial score (nSPS) is 10.7. The lowest BCUT2D eigenvalue weighted by atomic mass is 10.1. The van der Waals surface area contributed by atoms with E-state index in [1.165, 1.54) is 7.11 Å². The maximum absolute atomic E-state index is 11.2. The number of imidazole rings is 1. The van der Waals surface area contributed by atoms with Crippen LogP contribution < -0.4 is 4.74 Å². The number of nitrogens with zero attached hydrogens (tertiary/aromatic N) is 2. The fraction of sp³-hybridized carbons (Fsp3) is 0.125. The summed E-state index contributed by atoms with van der Waals surface area (Å²) in [5.74, 6) is -0.633. The van der Waals surface area contributed by atoms with Crippen molar-refractivity contribution in [2.75, 3.05) is 7.11 Å². The van der Waals surface area contributed by atoms with Crippen molar-refractivity contribution in [1.82, 2.24) is 9.55 Å². The van der Waals surface area contributed by atoms with Crippen LogP contribution in [0.1, 0.15) is 15.9 Å². The van der Waals surface area contributed by atoms with Gasteiger partial charge in [-0.15, -0.1) is 0 Å². The molecule has 3 aromatic rings. The highest BCUT2D eigenvalue weighted by atomic mass is 16.5. The first kappa shape index (κ1) is 13.2. The molecule has 0 saturated carbocycles. The van der Waals surface area contributed by atoms with Gasteiger partial charge in [0.25, 0.3) is 0 Å². The van der Waals surface area contributed by atoms with Gasteiger partial charge < -0.3 is 14.4 Å². The van der Waals surface area contributed by atoms with Crippen molar-refractivity contribution >= 4 is 17.0 Å². The summed E-state index contributed by atoms with van der Waals surface area (Å²) in [5.41, 5.74) is 2.99. The predicted octanol–water partition coefficient (Wildman–Crippen LogP) is 2.79. The minimum absolute atomic E-state index is 0.166. The van der Waals surface area contributed by atoms with Gasteiger partial charge in [0.1, 0.15) is 11.3 Å². The second-order valence-electron chi connectivity index (χ2n) is 4.70. The number of para-hydroxylation sites is 2. The van der Waals surface area contributed by atoms with Crippen LogP contribution >= 0.6 is 0 Å². The molecule has 0 unspecified atom stereocenters. The number of carbonyl (C=O) groups is 1. The monoisotopic (exact) mass is 282 g/mol. The van der Waals surface area contributed by atoms with Crippen molar-refractivity contribution in [3.8, 4) is 5.75 Å². The number of fused-ring (bicyclic) bond motifs is 1. The largest absolute Gasteiger partial charge is 0.496 e. The number of ether oxygens (including phenoxy) is 1. The van der Waals surface area contributed by atoms with Crippen LogP contribution in [0.3, 0.4) is 0 Å². The lowest BCUT2D eigenvalue weighted by Gasteiger charge is -2.09. The highest BCUT2D eigenvalue weighted by Crippen LogP contribution is 2.21. The predicted molar refractivity (Wildman–Crippen MR) is 78.8 cm³/mol. The van der Waals surface area contributed by atoms with Crippen LogP contribution in [-0.2, 0) is 6.54 Å². The van der Waals surface area contributed by atoms with Crippen molar-refractivity contribution in [2.24, 2.45) is 0 Å². The molecule has 0 aliphatic heterocycles. The number of rotatable bonds is 4. The molecule has 0 fully saturated rings. The number of benzene rings is 2. The van der Waals surface area contributed by atoms with Crippen molar-refractivity contribution in [2.45, 2.75) is 6.54 Å². The Morgan fingerprint density at radius 1 is 1.29 bits per heavy atom. The van der Waals surface area contributed by atoms with Crippen LogP contribution in [0.15, 0.2) is 48.8 Å². The zero-order chi connectivity index (χ0) is 14.8. The van der Waals surface area contributed by atoms with Gasteiger partial charge in [-0.25, -0.2) is 9.78 Å². The van der Waals surface area contributed by atoms with E-state index >= 15 is 0 Å². The average Bonchev–Trinajstić information content (AvgIpc) is 2.90. The average molecular weight is 282 g/mol. The van der Waals surface area contributed by atoms with Crippen LogP contribution in [0.5, 0.6) is 5.75 Å². The zero-order valence-electron chi connectivity index (χ0n) is 11.5. The van der Waals surface area contributed by atoms with Gasteiger partial charge >= 0.3 is 5.97 Å². The molecular weight excluding hydrogens is 268 g/mol. The van der Waals surface area contributed by atoms with E-state index in [4.69, 9.17) is 4.74 Å². The summed E-state index contributed by atoms with van der Waals surface area (Å²) < 4.78 is 7.06. The molecule has 0 spiro atoms. The van der Waals surface area contributed by atoms with Crippen LogP contribution in [0.4, 0.5) is 0 Å². The lowest BCUT2D eigenvalue weighted by Crippen LogP contribution is -2.04. The van der Waals surface area contributed by atoms with E-state index in [9.17, 15) is 9.90 Å². The molecule has 106 valence electrons. The summed E-state index contributed by atoms with van der Waals surface area (Å²) in [5, 5.41) is 9.22. The molecule has 0 atom stereocenters. The standard InChI is InChI=1S/C16H14N2O3/c1-21-15-7-6-11(8-12(15)16(19)20)9-18-10-17-13-4-2-3-5-14(13)18/h2-8,10H,9H2,1H3,(H,19,20). The van der Waals surface area contributed by atoms with Crippen molar-refractivity contribution in [3.63, 3.8) is 0 Å². The molecule has 1 N–H and O–H groups in total. The van der Waals surface area contributed by atoms with E-state index in [0.717, 1.165) is 16.6 Å². The Morgan fingerprint density at radius 2 is 2.10 bits per heavy atom. The number of carboxylic acid groups (broad SMARTS) is 1. The molecule has 1 aromatic heterocycles. The Morgan fingerprint density at radius 3 is 2.86 bits per heavy atom. The second-order valence-corrected chi connectivity index (χ2v) is 4.70. The molecule has 0 saturated heterocycles. The first-order chi connectivity index (χ1) is 10.2. The molecule has 0 aliphatic carbocycles. The van der Waals surface area contributed by atoms with Crippen molar-refractivity contribution in [1.29, 1.82) is 0 Å². The van der Waals surface area contributed by atoms with Gasteiger partial charge in [-0.3, -0.25) is 0 Å². The number of aromatic nitrogens is 2. The molecule has 0 amide bonds. The van der Waals surface area contributed by atoms with Gasteiger partial charge in [0.2, 0.25) is 0 Å². The number of methoxy groups -OCH3 is 1. The summed E-state index contributed by atoms with van der Waals surface area (Å²) in [6.45, 7) is 0.560.